The van der Waals surface area contributed by atoms with Gasteiger partial charge in [-0.15, -0.1) is 0 Å². The Labute approximate surface area is 110 Å². The zero-order valence-corrected chi connectivity index (χ0v) is 11.7. The maximum Gasteiger partial charge on any atom is 0.320 e. The Hall–Kier alpha value is -0.620. The van der Waals surface area contributed by atoms with Crippen LogP contribution < -0.4 is 0 Å². The summed E-state index contributed by atoms with van der Waals surface area (Å²) in [6, 6.07) is 9.70. The van der Waals surface area contributed by atoms with Gasteiger partial charge in [0.25, 0.3) is 0 Å². The molecule has 0 saturated heterocycles. The lowest BCUT2D eigenvalue weighted by Crippen LogP contribution is -2.29. The number of carbonyl (C=O) groups excluding carboxylic acids is 1. The molecule has 0 aliphatic rings. The zero-order chi connectivity index (χ0) is 12.0. The van der Waals surface area contributed by atoms with E-state index in [4.69, 9.17) is 4.74 Å². The molecule has 0 saturated carbocycles. The lowest BCUT2D eigenvalue weighted by Gasteiger charge is -2.14. The quantitative estimate of drug-likeness (QED) is 0.470. The number of nitrogens with zero attached hydrogens (tertiary/aromatic N) is 1. The number of hydrogen-bond acceptors (Lipinski definition) is 3. The molecule has 3 nitrogen and oxygen atoms in total. The van der Waals surface area contributed by atoms with Crippen molar-refractivity contribution < 1.29 is 9.53 Å². The summed E-state index contributed by atoms with van der Waals surface area (Å²) in [6.45, 7) is 1.06. The van der Waals surface area contributed by atoms with Crippen molar-refractivity contribution in [2.24, 2.45) is 0 Å². The summed E-state index contributed by atoms with van der Waals surface area (Å²) in [7, 11) is 3.88. The highest BCUT2D eigenvalue weighted by atomic mass is 127. The normalized spacial score (nSPS) is 12.5. The van der Waals surface area contributed by atoms with Crippen LogP contribution in [0.5, 0.6) is 0 Å². The van der Waals surface area contributed by atoms with Gasteiger partial charge >= 0.3 is 5.97 Å². The van der Waals surface area contributed by atoms with E-state index in [0.29, 0.717) is 13.2 Å². The van der Waals surface area contributed by atoms with E-state index in [1.165, 1.54) is 0 Å². The summed E-state index contributed by atoms with van der Waals surface area (Å²) < 4.78 is 5.10. The van der Waals surface area contributed by atoms with Crippen LogP contribution >= 0.6 is 22.6 Å². The van der Waals surface area contributed by atoms with Gasteiger partial charge in [0, 0.05) is 6.54 Å². The summed E-state index contributed by atoms with van der Waals surface area (Å²) in [5.74, 6) is -0.154. The first-order valence-corrected chi connectivity index (χ1v) is 6.33. The molecule has 0 spiro atoms. The molecule has 4 heteroatoms. The molecule has 0 aliphatic carbocycles. The van der Waals surface area contributed by atoms with E-state index in [0.717, 1.165) is 5.56 Å². The Morgan fingerprint density at radius 2 is 2.00 bits per heavy atom. The second kappa shape index (κ2) is 6.85. The second-order valence-corrected chi connectivity index (χ2v) is 5.33. The fraction of sp³-hybridized carbons (Fsp3) is 0.417. The Kier molecular flexibility index (Phi) is 5.76. The Balaban J connectivity index is 2.35. The van der Waals surface area contributed by atoms with Crippen molar-refractivity contribution in [2.45, 2.75) is 10.5 Å². The Morgan fingerprint density at radius 3 is 2.56 bits per heavy atom. The van der Waals surface area contributed by atoms with Crippen molar-refractivity contribution in [3.8, 4) is 0 Å². The summed E-state index contributed by atoms with van der Waals surface area (Å²) in [4.78, 5) is 13.6. The third-order valence-corrected chi connectivity index (χ3v) is 2.91. The van der Waals surface area contributed by atoms with Gasteiger partial charge in [0.15, 0.2) is 0 Å². The SMILES string of the molecule is CN(C)CC(I)C(=O)OCc1ccccc1. The summed E-state index contributed by atoms with van der Waals surface area (Å²) in [5.41, 5.74) is 1.02. The molecule has 1 unspecified atom stereocenters. The molecule has 1 aromatic rings. The molecule has 1 atom stereocenters. The van der Waals surface area contributed by atoms with Crippen LogP contribution in [0.25, 0.3) is 0 Å². The van der Waals surface area contributed by atoms with E-state index in [-0.39, 0.29) is 9.89 Å². The molecule has 0 amide bonds. The number of benzene rings is 1. The molecule has 0 N–H and O–H groups in total. The molecule has 0 aliphatic heterocycles. The van der Waals surface area contributed by atoms with Gasteiger partial charge in [-0.2, -0.15) is 0 Å². The molecule has 1 rings (SSSR count). The number of rotatable bonds is 5. The lowest BCUT2D eigenvalue weighted by molar-refractivity contribution is -0.144. The number of alkyl halides is 1. The number of esters is 1. The number of ether oxygens (including phenoxy) is 1. The fourth-order valence-electron chi connectivity index (χ4n) is 1.21. The summed E-state index contributed by atoms with van der Waals surface area (Å²) >= 11 is 2.11. The maximum atomic E-state index is 11.6. The van der Waals surface area contributed by atoms with E-state index in [9.17, 15) is 4.79 Å². The zero-order valence-electron chi connectivity index (χ0n) is 9.52. The first-order valence-electron chi connectivity index (χ1n) is 5.09. The first-order chi connectivity index (χ1) is 7.59. The van der Waals surface area contributed by atoms with Crippen LogP contribution in [-0.2, 0) is 16.1 Å². The van der Waals surface area contributed by atoms with Crippen molar-refractivity contribution in [1.82, 2.24) is 4.90 Å². The number of halogens is 1. The van der Waals surface area contributed by atoms with Gasteiger partial charge in [-0.3, -0.25) is 4.79 Å². The highest BCUT2D eigenvalue weighted by Crippen LogP contribution is 2.07. The number of hydrogen-bond donors (Lipinski definition) is 0. The van der Waals surface area contributed by atoms with E-state index in [2.05, 4.69) is 22.6 Å². The van der Waals surface area contributed by atoms with Crippen LogP contribution in [0.3, 0.4) is 0 Å². The molecule has 0 bridgehead atoms. The van der Waals surface area contributed by atoms with Gasteiger partial charge in [0.1, 0.15) is 10.5 Å². The fourth-order valence-corrected chi connectivity index (χ4v) is 2.18. The average molecular weight is 333 g/mol. The van der Waals surface area contributed by atoms with Crippen molar-refractivity contribution in [2.75, 3.05) is 20.6 Å². The standard InChI is InChI=1S/C12H16INO2/c1-14(2)8-11(13)12(15)16-9-10-6-4-3-5-7-10/h3-7,11H,8-9H2,1-2H3. The summed E-state index contributed by atoms with van der Waals surface area (Å²) in [6.07, 6.45) is 0. The van der Waals surface area contributed by atoms with Crippen molar-refractivity contribution in [3.63, 3.8) is 0 Å². The third kappa shape index (κ3) is 4.94. The predicted molar refractivity (Wildman–Crippen MR) is 72.6 cm³/mol. The van der Waals surface area contributed by atoms with E-state index in [1.807, 2.05) is 49.3 Å². The predicted octanol–water partition coefficient (Wildman–Crippen LogP) is 2.09. The highest BCUT2D eigenvalue weighted by molar-refractivity contribution is 14.1. The minimum absolute atomic E-state index is 0.115. The lowest BCUT2D eigenvalue weighted by atomic mass is 10.2. The Morgan fingerprint density at radius 1 is 1.38 bits per heavy atom. The van der Waals surface area contributed by atoms with E-state index < -0.39 is 0 Å². The van der Waals surface area contributed by atoms with Gasteiger partial charge in [-0.25, -0.2) is 0 Å². The molecular weight excluding hydrogens is 317 g/mol. The largest absolute Gasteiger partial charge is 0.460 e. The van der Waals surface area contributed by atoms with Crippen molar-refractivity contribution >= 4 is 28.6 Å². The van der Waals surface area contributed by atoms with Crippen LogP contribution in [0, 0.1) is 0 Å². The smallest absolute Gasteiger partial charge is 0.320 e. The topological polar surface area (TPSA) is 29.5 Å². The molecule has 1 aromatic carbocycles. The molecular formula is C12H16INO2. The Bertz CT molecular complexity index is 327. The van der Waals surface area contributed by atoms with Gasteiger partial charge in [0.05, 0.1) is 0 Å². The van der Waals surface area contributed by atoms with Crippen LogP contribution in [-0.4, -0.2) is 35.4 Å². The average Bonchev–Trinajstić information content (AvgIpc) is 2.26. The number of carbonyl (C=O) groups is 1. The van der Waals surface area contributed by atoms with Crippen LogP contribution in [0.15, 0.2) is 30.3 Å². The molecule has 0 heterocycles. The minimum Gasteiger partial charge on any atom is -0.460 e. The molecule has 0 aromatic heterocycles. The first kappa shape index (κ1) is 13.4. The van der Waals surface area contributed by atoms with Crippen LogP contribution in [0.1, 0.15) is 5.56 Å². The molecule has 16 heavy (non-hydrogen) atoms. The monoisotopic (exact) mass is 333 g/mol. The molecule has 0 fully saturated rings. The van der Waals surface area contributed by atoms with Gasteiger partial charge in [-0.1, -0.05) is 52.9 Å². The minimum atomic E-state index is -0.154. The van der Waals surface area contributed by atoms with Crippen LogP contribution in [0.2, 0.25) is 0 Å². The third-order valence-electron chi connectivity index (χ3n) is 2.01. The van der Waals surface area contributed by atoms with Crippen molar-refractivity contribution in [3.05, 3.63) is 35.9 Å². The maximum absolute atomic E-state index is 11.6. The van der Waals surface area contributed by atoms with Crippen LogP contribution in [0.4, 0.5) is 0 Å². The van der Waals surface area contributed by atoms with Gasteiger partial charge in [-0.05, 0) is 19.7 Å². The molecule has 0 radical (unpaired) electrons. The molecule has 88 valence electrons. The highest BCUT2D eigenvalue weighted by Gasteiger charge is 2.16. The van der Waals surface area contributed by atoms with Gasteiger partial charge in [0.2, 0.25) is 0 Å². The van der Waals surface area contributed by atoms with Gasteiger partial charge < -0.3 is 9.64 Å². The van der Waals surface area contributed by atoms with Crippen molar-refractivity contribution in [1.29, 1.82) is 0 Å². The summed E-state index contributed by atoms with van der Waals surface area (Å²) in [5, 5.41) is 0. The van der Waals surface area contributed by atoms with E-state index in [1.54, 1.807) is 0 Å². The van der Waals surface area contributed by atoms with E-state index >= 15 is 0 Å². The second-order valence-electron chi connectivity index (χ2n) is 3.82.